The van der Waals surface area contributed by atoms with Crippen LogP contribution in [0.3, 0.4) is 0 Å². The fourth-order valence-electron chi connectivity index (χ4n) is 1.28. The van der Waals surface area contributed by atoms with Crippen molar-refractivity contribution in [2.75, 3.05) is 12.0 Å². The highest BCUT2D eigenvalue weighted by atomic mass is 32.2. The molecule has 2 N–H and O–H groups in total. The first kappa shape index (κ1) is 12.0. The molecule has 90 valence electrons. The van der Waals surface area contributed by atoms with Crippen LogP contribution in [0, 0.1) is 0 Å². The lowest BCUT2D eigenvalue weighted by Crippen LogP contribution is -2.11. The lowest BCUT2D eigenvalue weighted by Gasteiger charge is -2.03. The van der Waals surface area contributed by atoms with Gasteiger partial charge >= 0.3 is 0 Å². The molecule has 0 aliphatic rings. The minimum atomic E-state index is -0.217. The normalized spacial score (nSPS) is 12.6. The van der Waals surface area contributed by atoms with E-state index in [1.54, 1.807) is 24.0 Å². The van der Waals surface area contributed by atoms with E-state index in [0.717, 1.165) is 12.2 Å². The number of rotatable bonds is 5. The largest absolute Gasteiger partial charge is 0.337 e. The maximum absolute atomic E-state index is 5.93. The van der Waals surface area contributed by atoms with Crippen LogP contribution in [0.1, 0.15) is 18.4 Å². The number of nitrogens with two attached hydrogens (primary N) is 1. The third-order valence-corrected chi connectivity index (χ3v) is 2.85. The van der Waals surface area contributed by atoms with Crippen molar-refractivity contribution in [3.05, 3.63) is 24.5 Å². The Morgan fingerprint density at radius 2 is 2.41 bits per heavy atom. The van der Waals surface area contributed by atoms with Gasteiger partial charge in [-0.15, -0.1) is 0 Å². The average molecular weight is 251 g/mol. The van der Waals surface area contributed by atoms with Gasteiger partial charge in [0.1, 0.15) is 12.0 Å². The zero-order valence-corrected chi connectivity index (χ0v) is 10.2. The summed E-state index contributed by atoms with van der Waals surface area (Å²) in [7, 11) is 0. The molecule has 0 amide bonds. The molecule has 0 bridgehead atoms. The minimum absolute atomic E-state index is 0.217. The molecule has 2 aromatic heterocycles. The summed E-state index contributed by atoms with van der Waals surface area (Å²) in [6.07, 6.45) is 5.92. The standard InChI is InChI=1S/C10H13N5OS/c1-17-5-3-7(11)10-14-9(15-16-10)8-2-4-12-6-13-8/h2,4,6-7H,3,5,11H2,1H3/t7-/m1/s1. The van der Waals surface area contributed by atoms with Gasteiger partial charge in [-0.2, -0.15) is 16.7 Å². The molecule has 0 aliphatic heterocycles. The Bertz CT molecular complexity index is 461. The average Bonchev–Trinajstić information content (AvgIpc) is 2.86. The smallest absolute Gasteiger partial charge is 0.243 e. The second kappa shape index (κ2) is 5.74. The van der Waals surface area contributed by atoms with Gasteiger partial charge in [-0.1, -0.05) is 5.16 Å². The monoisotopic (exact) mass is 251 g/mol. The molecule has 0 aromatic carbocycles. The molecule has 2 aromatic rings. The van der Waals surface area contributed by atoms with Crippen LogP contribution >= 0.6 is 11.8 Å². The number of thioether (sulfide) groups is 1. The Morgan fingerprint density at radius 1 is 1.53 bits per heavy atom. The van der Waals surface area contributed by atoms with E-state index in [1.165, 1.54) is 6.33 Å². The first-order valence-corrected chi connectivity index (χ1v) is 6.55. The Labute approximate surface area is 103 Å². The van der Waals surface area contributed by atoms with Crippen LogP contribution in [-0.4, -0.2) is 32.1 Å². The van der Waals surface area contributed by atoms with Gasteiger partial charge in [-0.05, 0) is 24.5 Å². The summed E-state index contributed by atoms with van der Waals surface area (Å²) in [5.41, 5.74) is 6.56. The lowest BCUT2D eigenvalue weighted by molar-refractivity contribution is 0.353. The van der Waals surface area contributed by atoms with Crippen molar-refractivity contribution < 1.29 is 4.52 Å². The molecule has 1 atom stereocenters. The molecule has 2 rings (SSSR count). The van der Waals surface area contributed by atoms with E-state index < -0.39 is 0 Å². The first-order valence-electron chi connectivity index (χ1n) is 5.15. The van der Waals surface area contributed by atoms with Crippen LogP contribution < -0.4 is 5.73 Å². The van der Waals surface area contributed by atoms with Crippen molar-refractivity contribution >= 4 is 11.8 Å². The predicted octanol–water partition coefficient (Wildman–Crippen LogP) is 1.28. The lowest BCUT2D eigenvalue weighted by atomic mass is 10.2. The van der Waals surface area contributed by atoms with E-state index in [9.17, 15) is 0 Å². The summed E-state index contributed by atoms with van der Waals surface area (Å²) >= 11 is 1.74. The van der Waals surface area contributed by atoms with Gasteiger partial charge in [0.05, 0.1) is 6.04 Å². The fourth-order valence-corrected chi connectivity index (χ4v) is 1.77. The van der Waals surface area contributed by atoms with Crippen LogP contribution in [0.4, 0.5) is 0 Å². The number of hydrogen-bond acceptors (Lipinski definition) is 7. The van der Waals surface area contributed by atoms with Crippen LogP contribution in [0.15, 0.2) is 23.1 Å². The zero-order chi connectivity index (χ0) is 12.1. The van der Waals surface area contributed by atoms with Crippen molar-refractivity contribution in [2.24, 2.45) is 5.73 Å². The maximum atomic E-state index is 5.93. The van der Waals surface area contributed by atoms with Crippen LogP contribution in [0.5, 0.6) is 0 Å². The molecule has 6 nitrogen and oxygen atoms in total. The van der Waals surface area contributed by atoms with Crippen molar-refractivity contribution in [1.29, 1.82) is 0 Å². The predicted molar refractivity (Wildman–Crippen MR) is 65.3 cm³/mol. The Morgan fingerprint density at radius 3 is 3.12 bits per heavy atom. The van der Waals surface area contributed by atoms with Crippen LogP contribution in [-0.2, 0) is 0 Å². The van der Waals surface area contributed by atoms with E-state index in [2.05, 4.69) is 20.1 Å². The zero-order valence-electron chi connectivity index (χ0n) is 9.41. The van der Waals surface area contributed by atoms with E-state index in [4.69, 9.17) is 10.3 Å². The summed E-state index contributed by atoms with van der Waals surface area (Å²) in [4.78, 5) is 12.1. The number of hydrogen-bond donors (Lipinski definition) is 1. The highest BCUT2D eigenvalue weighted by Crippen LogP contribution is 2.17. The summed E-state index contributed by atoms with van der Waals surface area (Å²) < 4.78 is 5.12. The SMILES string of the molecule is CSCC[C@@H](N)c1nc(-c2ccncn2)no1. The molecule has 17 heavy (non-hydrogen) atoms. The van der Waals surface area contributed by atoms with Gasteiger partial charge in [0, 0.05) is 6.20 Å². The first-order chi connectivity index (χ1) is 8.31. The third kappa shape index (κ3) is 3.01. The van der Waals surface area contributed by atoms with Gasteiger partial charge < -0.3 is 10.3 Å². The van der Waals surface area contributed by atoms with Crippen LogP contribution in [0.25, 0.3) is 11.5 Å². The highest BCUT2D eigenvalue weighted by molar-refractivity contribution is 7.98. The molecule has 2 heterocycles. The van der Waals surface area contributed by atoms with Crippen molar-refractivity contribution in [2.45, 2.75) is 12.5 Å². The second-order valence-corrected chi connectivity index (χ2v) is 4.42. The Kier molecular flexibility index (Phi) is 4.05. The Hall–Kier alpha value is -1.47. The topological polar surface area (TPSA) is 90.7 Å². The van der Waals surface area contributed by atoms with Gasteiger partial charge in [0.25, 0.3) is 0 Å². The molecule has 0 spiro atoms. The molecule has 0 fully saturated rings. The molecule has 0 aliphatic carbocycles. The van der Waals surface area contributed by atoms with Crippen molar-refractivity contribution in [3.63, 3.8) is 0 Å². The van der Waals surface area contributed by atoms with Crippen molar-refractivity contribution in [3.8, 4) is 11.5 Å². The van der Waals surface area contributed by atoms with E-state index in [0.29, 0.717) is 17.4 Å². The summed E-state index contributed by atoms with van der Waals surface area (Å²) in [5, 5.41) is 3.85. The Balaban J connectivity index is 2.11. The van der Waals surface area contributed by atoms with Crippen molar-refractivity contribution in [1.82, 2.24) is 20.1 Å². The number of aromatic nitrogens is 4. The molecular formula is C10H13N5OS. The molecular weight excluding hydrogens is 238 g/mol. The maximum Gasteiger partial charge on any atom is 0.243 e. The van der Waals surface area contributed by atoms with Gasteiger partial charge in [0.15, 0.2) is 0 Å². The molecule has 0 saturated carbocycles. The van der Waals surface area contributed by atoms with E-state index in [-0.39, 0.29) is 6.04 Å². The van der Waals surface area contributed by atoms with Gasteiger partial charge in [-0.25, -0.2) is 9.97 Å². The molecule has 0 unspecified atom stereocenters. The molecule has 0 radical (unpaired) electrons. The molecule has 7 heteroatoms. The highest BCUT2D eigenvalue weighted by Gasteiger charge is 2.15. The molecule has 0 saturated heterocycles. The number of nitrogens with zero attached hydrogens (tertiary/aromatic N) is 4. The quantitative estimate of drug-likeness (QED) is 0.855. The second-order valence-electron chi connectivity index (χ2n) is 3.44. The summed E-state index contributed by atoms with van der Waals surface area (Å²) in [6, 6.07) is 1.51. The van der Waals surface area contributed by atoms with E-state index >= 15 is 0 Å². The third-order valence-electron chi connectivity index (χ3n) is 2.20. The minimum Gasteiger partial charge on any atom is -0.337 e. The van der Waals surface area contributed by atoms with Gasteiger partial charge in [0.2, 0.25) is 11.7 Å². The van der Waals surface area contributed by atoms with E-state index in [1.807, 2.05) is 6.26 Å². The van der Waals surface area contributed by atoms with Gasteiger partial charge in [-0.3, -0.25) is 0 Å². The summed E-state index contributed by atoms with van der Waals surface area (Å²) in [5.74, 6) is 1.86. The fraction of sp³-hybridized carbons (Fsp3) is 0.400. The van der Waals surface area contributed by atoms with Crippen LogP contribution in [0.2, 0.25) is 0 Å². The summed E-state index contributed by atoms with van der Waals surface area (Å²) in [6.45, 7) is 0.